The van der Waals surface area contributed by atoms with Crippen LogP contribution in [0.4, 0.5) is 0 Å². The Kier molecular flexibility index (Phi) is 6.28. The second kappa shape index (κ2) is 9.64. The Hall–Kier alpha value is -3.36. The molecule has 6 nitrogen and oxygen atoms in total. The quantitative estimate of drug-likeness (QED) is 0.251. The van der Waals surface area contributed by atoms with Crippen LogP contribution in [-0.4, -0.2) is 25.4 Å². The van der Waals surface area contributed by atoms with Crippen LogP contribution in [-0.2, 0) is 12.2 Å². The van der Waals surface area contributed by atoms with Crippen LogP contribution in [0.2, 0.25) is 0 Å². The molecule has 5 aromatic rings. The monoisotopic (exact) mass is 471 g/mol. The molecule has 5 rings (SSSR count). The Bertz CT molecular complexity index is 1370. The Morgan fingerprint density at radius 3 is 2.21 bits per heavy atom. The largest absolute Gasteiger partial charge is 0.419 e. The number of aromatic nitrogens is 5. The molecule has 2 aromatic carbocycles. The molecule has 0 aliphatic carbocycles. The highest BCUT2D eigenvalue weighted by molar-refractivity contribution is 7.98. The lowest BCUT2D eigenvalue weighted by molar-refractivity contribution is 0.529. The standard InChI is InChI=1S/C25H21N5OS2/c1-3-19-16(2)14-20(33-19)24-29-27-21(31-24)15-32-25-26-22(17-10-6-4-7-11-17)23(28-30-25)18-12-8-5-9-13-18/h4-14H,3,15H2,1-2H3. The minimum absolute atomic E-state index is 0.471. The molecule has 8 heteroatoms. The molecule has 164 valence electrons. The topological polar surface area (TPSA) is 77.6 Å². The molecule has 0 fully saturated rings. The number of aryl methyl sites for hydroxylation is 2. The van der Waals surface area contributed by atoms with Gasteiger partial charge in [-0.1, -0.05) is 79.3 Å². The summed E-state index contributed by atoms with van der Waals surface area (Å²) in [5, 5.41) is 17.9. The third-order valence-corrected chi connectivity index (χ3v) is 7.30. The maximum absolute atomic E-state index is 5.90. The van der Waals surface area contributed by atoms with Crippen molar-refractivity contribution in [2.24, 2.45) is 0 Å². The van der Waals surface area contributed by atoms with Gasteiger partial charge >= 0.3 is 0 Å². The van der Waals surface area contributed by atoms with Crippen LogP contribution in [0.5, 0.6) is 0 Å². The van der Waals surface area contributed by atoms with Gasteiger partial charge < -0.3 is 4.42 Å². The Balaban J connectivity index is 1.39. The zero-order valence-corrected chi connectivity index (χ0v) is 19.9. The third-order valence-electron chi connectivity index (χ3n) is 5.11. The van der Waals surface area contributed by atoms with Gasteiger partial charge in [-0.3, -0.25) is 0 Å². The second-order valence-electron chi connectivity index (χ2n) is 7.38. The number of rotatable bonds is 7. The number of benzene rings is 2. The van der Waals surface area contributed by atoms with Crippen LogP contribution in [0.1, 0.15) is 23.3 Å². The molecule has 0 saturated heterocycles. The van der Waals surface area contributed by atoms with Crippen LogP contribution >= 0.6 is 23.1 Å². The van der Waals surface area contributed by atoms with Crippen molar-refractivity contribution in [3.05, 3.63) is 83.1 Å². The fourth-order valence-electron chi connectivity index (χ4n) is 3.47. The number of hydrogen-bond donors (Lipinski definition) is 0. The summed E-state index contributed by atoms with van der Waals surface area (Å²) in [5.74, 6) is 1.57. The van der Waals surface area contributed by atoms with Crippen molar-refractivity contribution in [2.45, 2.75) is 31.2 Å². The lowest BCUT2D eigenvalue weighted by Crippen LogP contribution is -1.99. The summed E-state index contributed by atoms with van der Waals surface area (Å²) in [6.07, 6.45) is 1.00. The lowest BCUT2D eigenvalue weighted by atomic mass is 10.0. The van der Waals surface area contributed by atoms with Crippen molar-refractivity contribution in [3.8, 4) is 33.3 Å². The van der Waals surface area contributed by atoms with Gasteiger partial charge in [0.1, 0.15) is 11.4 Å². The van der Waals surface area contributed by atoms with E-state index in [1.54, 1.807) is 11.3 Å². The van der Waals surface area contributed by atoms with Gasteiger partial charge in [0.15, 0.2) is 0 Å². The molecule has 0 saturated carbocycles. The molecule has 0 atom stereocenters. The summed E-state index contributed by atoms with van der Waals surface area (Å²) in [4.78, 5) is 7.17. The van der Waals surface area contributed by atoms with E-state index in [9.17, 15) is 0 Å². The smallest absolute Gasteiger partial charge is 0.257 e. The number of thiophene rings is 1. The van der Waals surface area contributed by atoms with Crippen molar-refractivity contribution < 1.29 is 4.42 Å². The molecule has 0 spiro atoms. The maximum atomic E-state index is 5.90. The van der Waals surface area contributed by atoms with Gasteiger partial charge in [-0.2, -0.15) is 0 Å². The van der Waals surface area contributed by atoms with Gasteiger partial charge in [0.25, 0.3) is 5.89 Å². The van der Waals surface area contributed by atoms with Crippen molar-refractivity contribution in [1.29, 1.82) is 0 Å². The number of hydrogen-bond acceptors (Lipinski definition) is 8. The summed E-state index contributed by atoms with van der Waals surface area (Å²) in [5.41, 5.74) is 4.79. The molecule has 0 N–H and O–H groups in total. The first-order valence-corrected chi connectivity index (χ1v) is 12.4. The van der Waals surface area contributed by atoms with Crippen LogP contribution in [0, 0.1) is 6.92 Å². The average Bonchev–Trinajstić information content (AvgIpc) is 3.50. The summed E-state index contributed by atoms with van der Waals surface area (Å²) >= 11 is 3.13. The van der Waals surface area contributed by atoms with E-state index in [1.165, 1.54) is 22.2 Å². The number of nitrogens with zero attached hydrogens (tertiary/aromatic N) is 5. The normalized spacial score (nSPS) is 11.1. The summed E-state index contributed by atoms with van der Waals surface area (Å²) < 4.78 is 5.90. The molecule has 3 aromatic heterocycles. The zero-order chi connectivity index (χ0) is 22.6. The van der Waals surface area contributed by atoms with E-state index in [0.29, 0.717) is 22.7 Å². The van der Waals surface area contributed by atoms with Crippen LogP contribution < -0.4 is 0 Å². The summed E-state index contributed by atoms with van der Waals surface area (Å²) in [6, 6.07) is 22.1. The van der Waals surface area contributed by atoms with Crippen LogP contribution in [0.3, 0.4) is 0 Å². The van der Waals surface area contributed by atoms with Crippen LogP contribution in [0.25, 0.3) is 33.3 Å². The summed E-state index contributed by atoms with van der Waals surface area (Å²) in [7, 11) is 0. The van der Waals surface area contributed by atoms with Crippen molar-refractivity contribution in [3.63, 3.8) is 0 Å². The molecule has 0 unspecified atom stereocenters. The first-order chi connectivity index (χ1) is 16.2. The van der Waals surface area contributed by atoms with E-state index in [2.05, 4.69) is 40.3 Å². The van der Waals surface area contributed by atoms with E-state index in [0.717, 1.165) is 33.8 Å². The van der Waals surface area contributed by atoms with Gasteiger partial charge in [-0.15, -0.1) is 31.7 Å². The summed E-state index contributed by atoms with van der Waals surface area (Å²) in [6.45, 7) is 4.26. The van der Waals surface area contributed by atoms with Gasteiger partial charge in [0.2, 0.25) is 11.0 Å². The van der Waals surface area contributed by atoms with Gasteiger partial charge in [-0.25, -0.2) is 4.98 Å². The Morgan fingerprint density at radius 1 is 0.848 bits per heavy atom. The van der Waals surface area contributed by atoms with Gasteiger partial charge in [0, 0.05) is 16.0 Å². The third kappa shape index (κ3) is 4.72. The molecule has 33 heavy (non-hydrogen) atoms. The lowest BCUT2D eigenvalue weighted by Gasteiger charge is -2.09. The van der Waals surface area contributed by atoms with E-state index in [4.69, 9.17) is 9.40 Å². The van der Waals surface area contributed by atoms with Gasteiger partial charge in [-0.05, 0) is 25.0 Å². The van der Waals surface area contributed by atoms with Gasteiger partial charge in [0.05, 0.1) is 10.6 Å². The molecule has 0 bridgehead atoms. The minimum atomic E-state index is 0.471. The molecular weight excluding hydrogens is 450 g/mol. The maximum Gasteiger partial charge on any atom is 0.257 e. The first-order valence-electron chi connectivity index (χ1n) is 10.6. The molecule has 0 amide bonds. The molecule has 3 heterocycles. The Morgan fingerprint density at radius 2 is 1.55 bits per heavy atom. The molecule has 0 radical (unpaired) electrons. The fourth-order valence-corrected chi connectivity index (χ4v) is 5.13. The minimum Gasteiger partial charge on any atom is -0.419 e. The van der Waals surface area contributed by atoms with E-state index >= 15 is 0 Å². The first kappa shape index (κ1) is 21.5. The molecule has 0 aliphatic heterocycles. The van der Waals surface area contributed by atoms with Crippen molar-refractivity contribution in [1.82, 2.24) is 25.4 Å². The van der Waals surface area contributed by atoms with Crippen molar-refractivity contribution >= 4 is 23.1 Å². The predicted molar refractivity (Wildman–Crippen MR) is 132 cm³/mol. The SMILES string of the molecule is CCc1sc(-c2nnc(CSc3nnc(-c4ccccc4)c(-c4ccccc4)n3)o2)cc1C. The zero-order valence-electron chi connectivity index (χ0n) is 18.2. The Labute approximate surface area is 200 Å². The molecule has 0 aliphatic rings. The van der Waals surface area contributed by atoms with E-state index in [-0.39, 0.29) is 0 Å². The highest BCUT2D eigenvalue weighted by Crippen LogP contribution is 2.33. The van der Waals surface area contributed by atoms with Crippen LogP contribution in [0.15, 0.2) is 76.3 Å². The average molecular weight is 472 g/mol. The van der Waals surface area contributed by atoms with E-state index in [1.807, 2.05) is 60.7 Å². The predicted octanol–water partition coefficient (Wildman–Crippen LogP) is 6.48. The fraction of sp³-hybridized carbons (Fsp3) is 0.160. The highest BCUT2D eigenvalue weighted by Gasteiger charge is 2.16. The number of thioether (sulfide) groups is 1. The second-order valence-corrected chi connectivity index (χ2v) is 9.46. The van der Waals surface area contributed by atoms with Crippen molar-refractivity contribution in [2.75, 3.05) is 0 Å². The van der Waals surface area contributed by atoms with E-state index < -0.39 is 0 Å². The molecular formula is C25H21N5OS2. The highest BCUT2D eigenvalue weighted by atomic mass is 32.2.